The zero-order chi connectivity index (χ0) is 22.4. The zero-order valence-corrected chi connectivity index (χ0v) is 18.1. The standard InChI is InChI=1S/C24H27N3O4/c1-17-6-8-18(9-7-17)23(29)21-11-10-20(27(21)3)15-22(28)31-14-12-25-24(30)19-5-4-13-26(2)16-19/h4,6-11,13,16H,5,12,14-15H2,1-3H3,(H,25,30). The lowest BCUT2D eigenvalue weighted by molar-refractivity contribution is -0.143. The summed E-state index contributed by atoms with van der Waals surface area (Å²) in [5.74, 6) is -0.680. The van der Waals surface area contributed by atoms with Crippen LogP contribution in [0.2, 0.25) is 0 Å². The Morgan fingerprint density at radius 3 is 2.52 bits per heavy atom. The maximum atomic E-state index is 12.7. The Labute approximate surface area is 182 Å². The number of amides is 1. The second-order valence-electron chi connectivity index (χ2n) is 7.53. The average molecular weight is 421 g/mol. The number of ether oxygens (including phenoxy) is 1. The van der Waals surface area contributed by atoms with Crippen molar-refractivity contribution in [2.24, 2.45) is 7.05 Å². The monoisotopic (exact) mass is 421 g/mol. The molecule has 0 saturated carbocycles. The van der Waals surface area contributed by atoms with Crippen molar-refractivity contribution >= 4 is 17.7 Å². The van der Waals surface area contributed by atoms with Crippen molar-refractivity contribution in [2.45, 2.75) is 19.8 Å². The van der Waals surface area contributed by atoms with Crippen molar-refractivity contribution in [1.82, 2.24) is 14.8 Å². The van der Waals surface area contributed by atoms with Crippen LogP contribution < -0.4 is 5.32 Å². The van der Waals surface area contributed by atoms with E-state index in [4.69, 9.17) is 4.74 Å². The van der Waals surface area contributed by atoms with E-state index in [1.807, 2.05) is 43.3 Å². The summed E-state index contributed by atoms with van der Waals surface area (Å²) in [4.78, 5) is 38.8. The molecule has 0 atom stereocenters. The number of aromatic nitrogens is 1. The lowest BCUT2D eigenvalue weighted by Crippen LogP contribution is -2.30. The Morgan fingerprint density at radius 1 is 1.06 bits per heavy atom. The van der Waals surface area contributed by atoms with Gasteiger partial charge in [0.15, 0.2) is 0 Å². The third-order valence-electron chi connectivity index (χ3n) is 5.08. The molecule has 1 amide bonds. The molecule has 3 rings (SSSR count). The normalized spacial score (nSPS) is 13.0. The highest BCUT2D eigenvalue weighted by molar-refractivity contribution is 6.08. The van der Waals surface area contributed by atoms with Gasteiger partial charge < -0.3 is 19.5 Å². The van der Waals surface area contributed by atoms with Crippen LogP contribution in [0.4, 0.5) is 0 Å². The van der Waals surface area contributed by atoms with Gasteiger partial charge in [0.25, 0.3) is 0 Å². The van der Waals surface area contributed by atoms with Crippen LogP contribution in [-0.4, -0.2) is 47.3 Å². The predicted molar refractivity (Wildman–Crippen MR) is 117 cm³/mol. The van der Waals surface area contributed by atoms with E-state index in [2.05, 4.69) is 5.32 Å². The number of benzene rings is 1. The first-order valence-corrected chi connectivity index (χ1v) is 10.1. The van der Waals surface area contributed by atoms with Crippen molar-refractivity contribution in [1.29, 1.82) is 0 Å². The maximum absolute atomic E-state index is 12.7. The van der Waals surface area contributed by atoms with E-state index < -0.39 is 5.97 Å². The van der Waals surface area contributed by atoms with Crippen molar-refractivity contribution in [3.8, 4) is 0 Å². The Kier molecular flexibility index (Phi) is 7.07. The Hall–Kier alpha value is -3.61. The van der Waals surface area contributed by atoms with Gasteiger partial charge in [-0.3, -0.25) is 14.4 Å². The number of carbonyl (C=O) groups is 3. The molecule has 0 unspecified atom stereocenters. The molecule has 162 valence electrons. The smallest absolute Gasteiger partial charge is 0.311 e. The fourth-order valence-electron chi connectivity index (χ4n) is 3.29. The van der Waals surface area contributed by atoms with Crippen LogP contribution in [0.5, 0.6) is 0 Å². The average Bonchev–Trinajstić information content (AvgIpc) is 3.11. The minimum Gasteiger partial charge on any atom is -0.464 e. The van der Waals surface area contributed by atoms with Gasteiger partial charge in [0.05, 0.1) is 18.7 Å². The molecule has 2 aromatic rings. The van der Waals surface area contributed by atoms with Gasteiger partial charge in [-0.2, -0.15) is 0 Å². The quantitative estimate of drug-likeness (QED) is 0.402. The fraction of sp³-hybridized carbons (Fsp3) is 0.292. The summed E-state index contributed by atoms with van der Waals surface area (Å²) in [6.07, 6.45) is 6.19. The summed E-state index contributed by atoms with van der Waals surface area (Å²) < 4.78 is 6.94. The van der Waals surface area contributed by atoms with E-state index >= 15 is 0 Å². The summed E-state index contributed by atoms with van der Waals surface area (Å²) in [6.45, 7) is 2.29. The van der Waals surface area contributed by atoms with Crippen LogP contribution >= 0.6 is 0 Å². The van der Waals surface area contributed by atoms with Crippen molar-refractivity contribution in [3.05, 3.63) is 83.0 Å². The largest absolute Gasteiger partial charge is 0.464 e. The fourth-order valence-corrected chi connectivity index (χ4v) is 3.29. The molecule has 7 heteroatoms. The molecule has 1 N–H and O–H groups in total. The van der Waals surface area contributed by atoms with Gasteiger partial charge in [-0.25, -0.2) is 0 Å². The second-order valence-corrected chi connectivity index (χ2v) is 7.53. The molecule has 0 saturated heterocycles. The van der Waals surface area contributed by atoms with Crippen molar-refractivity contribution in [3.63, 3.8) is 0 Å². The number of rotatable bonds is 8. The number of esters is 1. The van der Waals surface area contributed by atoms with E-state index in [0.717, 1.165) is 5.56 Å². The highest BCUT2D eigenvalue weighted by Gasteiger charge is 2.17. The number of ketones is 1. The first-order valence-electron chi connectivity index (χ1n) is 10.1. The number of hydrogen-bond donors (Lipinski definition) is 1. The highest BCUT2D eigenvalue weighted by atomic mass is 16.5. The van der Waals surface area contributed by atoms with Crippen molar-refractivity contribution < 1.29 is 19.1 Å². The van der Waals surface area contributed by atoms with Gasteiger partial charge in [0.2, 0.25) is 11.7 Å². The van der Waals surface area contributed by atoms with E-state index in [1.165, 1.54) is 0 Å². The van der Waals surface area contributed by atoms with Crippen LogP contribution in [0.15, 0.2) is 60.4 Å². The first kappa shape index (κ1) is 22.1. The number of nitrogens with zero attached hydrogens (tertiary/aromatic N) is 2. The van der Waals surface area contributed by atoms with Crippen molar-refractivity contribution in [2.75, 3.05) is 20.2 Å². The minimum absolute atomic E-state index is 0.0480. The number of hydrogen-bond acceptors (Lipinski definition) is 5. The molecular formula is C24H27N3O4. The Bertz CT molecular complexity index is 1030. The summed E-state index contributed by atoms with van der Waals surface area (Å²) in [5.41, 5.74) is 3.55. The maximum Gasteiger partial charge on any atom is 0.311 e. The number of allylic oxidation sites excluding steroid dienone is 1. The highest BCUT2D eigenvalue weighted by Crippen LogP contribution is 2.15. The summed E-state index contributed by atoms with van der Waals surface area (Å²) in [7, 11) is 3.61. The lowest BCUT2D eigenvalue weighted by Gasteiger charge is -2.16. The van der Waals surface area contributed by atoms with Crippen LogP contribution in [0.25, 0.3) is 0 Å². The Morgan fingerprint density at radius 2 is 1.81 bits per heavy atom. The van der Waals surface area contributed by atoms with E-state index in [0.29, 0.717) is 28.9 Å². The molecule has 0 aliphatic carbocycles. The molecule has 31 heavy (non-hydrogen) atoms. The molecule has 0 fully saturated rings. The van der Waals surface area contributed by atoms with Gasteiger partial charge in [-0.15, -0.1) is 0 Å². The third kappa shape index (κ3) is 5.72. The first-order chi connectivity index (χ1) is 14.8. The van der Waals surface area contributed by atoms with E-state index in [-0.39, 0.29) is 31.3 Å². The topological polar surface area (TPSA) is 80.6 Å². The molecule has 1 aromatic carbocycles. The van der Waals surface area contributed by atoms with Gasteiger partial charge in [0, 0.05) is 37.1 Å². The number of nitrogens with one attached hydrogen (secondary N) is 1. The second kappa shape index (κ2) is 9.93. The summed E-state index contributed by atoms with van der Waals surface area (Å²) in [5, 5.41) is 2.75. The lowest BCUT2D eigenvalue weighted by atomic mass is 10.1. The molecule has 0 spiro atoms. The van der Waals surface area contributed by atoms with Gasteiger partial charge in [-0.1, -0.05) is 35.9 Å². The third-order valence-corrected chi connectivity index (χ3v) is 5.08. The predicted octanol–water partition coefficient (Wildman–Crippen LogP) is 2.50. The zero-order valence-electron chi connectivity index (χ0n) is 18.1. The molecule has 1 aliphatic rings. The molecule has 2 heterocycles. The minimum atomic E-state index is -0.413. The van der Waals surface area contributed by atoms with E-state index in [9.17, 15) is 14.4 Å². The number of carbonyl (C=O) groups excluding carboxylic acids is 3. The molecule has 7 nitrogen and oxygen atoms in total. The molecule has 1 aliphatic heterocycles. The SMILES string of the molecule is Cc1ccc(C(=O)c2ccc(CC(=O)OCCNC(=O)C3=CN(C)C=CC3)n2C)cc1. The Balaban J connectivity index is 1.47. The van der Waals surface area contributed by atoms with Crippen LogP contribution in [-0.2, 0) is 27.8 Å². The van der Waals surface area contributed by atoms with Gasteiger partial charge in [-0.05, 0) is 31.7 Å². The molecule has 0 radical (unpaired) electrons. The summed E-state index contributed by atoms with van der Waals surface area (Å²) >= 11 is 0. The van der Waals surface area contributed by atoms with Crippen LogP contribution in [0, 0.1) is 6.92 Å². The molecule has 0 bridgehead atoms. The molecule has 1 aromatic heterocycles. The molecular weight excluding hydrogens is 394 g/mol. The van der Waals surface area contributed by atoms with Gasteiger partial charge >= 0.3 is 5.97 Å². The van der Waals surface area contributed by atoms with Gasteiger partial charge in [0.1, 0.15) is 6.61 Å². The van der Waals surface area contributed by atoms with E-state index in [1.54, 1.807) is 42.1 Å². The van der Waals surface area contributed by atoms with Crippen LogP contribution in [0.1, 0.15) is 33.7 Å². The van der Waals surface area contributed by atoms with Crippen LogP contribution in [0.3, 0.4) is 0 Å². The summed E-state index contributed by atoms with van der Waals surface area (Å²) in [6, 6.07) is 10.9. The number of aryl methyl sites for hydroxylation is 1.